The predicted octanol–water partition coefficient (Wildman–Crippen LogP) is 2.74. The molecule has 0 saturated carbocycles. The first-order valence-electron chi connectivity index (χ1n) is 7.05. The van der Waals surface area contributed by atoms with Crippen molar-refractivity contribution in [1.82, 2.24) is 10.7 Å². The van der Waals surface area contributed by atoms with Crippen molar-refractivity contribution < 1.29 is 18.3 Å². The number of hydrogen-bond donors (Lipinski definition) is 3. The van der Waals surface area contributed by atoms with E-state index in [1.807, 2.05) is 6.92 Å². The molecule has 7 heteroatoms. The standard InChI is InChI=1S/C15H16F3N3O/c1-8-10-3-2-6-19-14(10)21-20-13(8)11-5-4-9(7-12(11)22)15(16,17)18/h4-5,7,14,19,21-22H,2-3,6H2,1H3. The molecule has 2 aliphatic rings. The van der Waals surface area contributed by atoms with Crippen molar-refractivity contribution in [1.29, 1.82) is 0 Å². The molecule has 0 aromatic heterocycles. The van der Waals surface area contributed by atoms with Crippen molar-refractivity contribution in [2.45, 2.75) is 32.1 Å². The highest BCUT2D eigenvalue weighted by molar-refractivity contribution is 6.14. The summed E-state index contributed by atoms with van der Waals surface area (Å²) in [7, 11) is 0. The third-order valence-electron chi connectivity index (χ3n) is 4.04. The second kappa shape index (κ2) is 5.31. The highest BCUT2D eigenvalue weighted by Gasteiger charge is 2.32. The molecule has 1 unspecified atom stereocenters. The fourth-order valence-corrected chi connectivity index (χ4v) is 2.86. The molecule has 1 atom stereocenters. The number of alkyl halides is 3. The van der Waals surface area contributed by atoms with E-state index in [0.29, 0.717) is 11.3 Å². The largest absolute Gasteiger partial charge is 0.507 e. The van der Waals surface area contributed by atoms with Crippen molar-refractivity contribution in [2.75, 3.05) is 6.54 Å². The third-order valence-corrected chi connectivity index (χ3v) is 4.04. The zero-order valence-corrected chi connectivity index (χ0v) is 12.0. The summed E-state index contributed by atoms with van der Waals surface area (Å²) < 4.78 is 38.0. The Kier molecular flexibility index (Phi) is 3.60. The van der Waals surface area contributed by atoms with Gasteiger partial charge in [0.1, 0.15) is 11.9 Å². The third kappa shape index (κ3) is 2.56. The summed E-state index contributed by atoms with van der Waals surface area (Å²) >= 11 is 0. The fraction of sp³-hybridized carbons (Fsp3) is 0.400. The molecule has 0 amide bonds. The van der Waals surface area contributed by atoms with Gasteiger partial charge in [-0.15, -0.1) is 0 Å². The number of hydrogen-bond acceptors (Lipinski definition) is 4. The Balaban J connectivity index is 1.98. The Morgan fingerprint density at radius 3 is 2.77 bits per heavy atom. The van der Waals surface area contributed by atoms with Gasteiger partial charge >= 0.3 is 6.18 Å². The molecule has 0 aliphatic carbocycles. The predicted molar refractivity (Wildman–Crippen MR) is 76.5 cm³/mol. The van der Waals surface area contributed by atoms with Crippen LogP contribution in [-0.4, -0.2) is 23.5 Å². The smallest absolute Gasteiger partial charge is 0.416 e. The van der Waals surface area contributed by atoms with E-state index in [4.69, 9.17) is 0 Å². The number of nitrogens with zero attached hydrogens (tertiary/aromatic N) is 1. The lowest BCUT2D eigenvalue weighted by molar-refractivity contribution is -0.137. The monoisotopic (exact) mass is 311 g/mol. The SMILES string of the molecule is CC1=C2CCCNC2NN=C1c1ccc(C(F)(F)F)cc1O. The molecule has 22 heavy (non-hydrogen) atoms. The molecular formula is C15H16F3N3O. The summed E-state index contributed by atoms with van der Waals surface area (Å²) in [4.78, 5) is 0. The van der Waals surface area contributed by atoms with Crippen molar-refractivity contribution in [3.63, 3.8) is 0 Å². The van der Waals surface area contributed by atoms with E-state index in [9.17, 15) is 18.3 Å². The Morgan fingerprint density at radius 2 is 2.09 bits per heavy atom. The average molecular weight is 311 g/mol. The number of nitrogens with one attached hydrogen (secondary N) is 2. The highest BCUT2D eigenvalue weighted by atomic mass is 19.4. The van der Waals surface area contributed by atoms with Crippen LogP contribution in [0.15, 0.2) is 34.4 Å². The van der Waals surface area contributed by atoms with Crippen molar-refractivity contribution in [3.8, 4) is 5.75 Å². The molecule has 118 valence electrons. The molecule has 3 rings (SSSR count). The zero-order chi connectivity index (χ0) is 15.9. The zero-order valence-electron chi connectivity index (χ0n) is 12.0. The van der Waals surface area contributed by atoms with Crippen LogP contribution < -0.4 is 10.7 Å². The number of aromatic hydroxyl groups is 1. The van der Waals surface area contributed by atoms with Gasteiger partial charge in [0, 0.05) is 5.56 Å². The van der Waals surface area contributed by atoms with E-state index in [1.54, 1.807) is 0 Å². The van der Waals surface area contributed by atoms with Crippen LogP contribution in [0.5, 0.6) is 5.75 Å². The van der Waals surface area contributed by atoms with Crippen LogP contribution in [-0.2, 0) is 6.18 Å². The molecule has 1 aromatic carbocycles. The topological polar surface area (TPSA) is 56.7 Å². The second-order valence-corrected chi connectivity index (χ2v) is 5.46. The molecule has 0 radical (unpaired) electrons. The maximum atomic E-state index is 12.7. The number of halogens is 3. The molecule has 3 N–H and O–H groups in total. The van der Waals surface area contributed by atoms with Crippen LogP contribution in [0.1, 0.15) is 30.9 Å². The number of phenols is 1. The van der Waals surface area contributed by atoms with Gasteiger partial charge in [0.25, 0.3) is 0 Å². The van der Waals surface area contributed by atoms with Gasteiger partial charge in [-0.3, -0.25) is 10.7 Å². The molecule has 1 fully saturated rings. The summed E-state index contributed by atoms with van der Waals surface area (Å²) in [6.07, 6.45) is -2.61. The summed E-state index contributed by atoms with van der Waals surface area (Å²) in [5.74, 6) is -0.419. The first-order valence-corrected chi connectivity index (χ1v) is 7.05. The molecule has 2 aliphatic heterocycles. The number of benzene rings is 1. The molecular weight excluding hydrogens is 295 g/mol. The first kappa shape index (κ1) is 14.9. The number of hydrazone groups is 1. The van der Waals surface area contributed by atoms with Gasteiger partial charge in [0.15, 0.2) is 0 Å². The van der Waals surface area contributed by atoms with Gasteiger partial charge in [0.05, 0.1) is 11.3 Å². The number of allylic oxidation sites excluding steroid dienone is 1. The van der Waals surface area contributed by atoms with Crippen LogP contribution in [0.3, 0.4) is 0 Å². The Morgan fingerprint density at radius 1 is 1.32 bits per heavy atom. The van der Waals surface area contributed by atoms with Crippen LogP contribution in [0.25, 0.3) is 0 Å². The lowest BCUT2D eigenvalue weighted by Crippen LogP contribution is -2.48. The van der Waals surface area contributed by atoms with Crippen LogP contribution in [0.4, 0.5) is 13.2 Å². The normalized spacial score (nSPS) is 22.0. The number of phenolic OH excluding ortho intramolecular Hbond substituents is 1. The lowest BCUT2D eigenvalue weighted by Gasteiger charge is -2.32. The van der Waals surface area contributed by atoms with E-state index in [1.165, 1.54) is 6.07 Å². The van der Waals surface area contributed by atoms with Crippen molar-refractivity contribution in [2.24, 2.45) is 5.10 Å². The van der Waals surface area contributed by atoms with Crippen LogP contribution in [0.2, 0.25) is 0 Å². The number of rotatable bonds is 1. The van der Waals surface area contributed by atoms with E-state index in [0.717, 1.165) is 42.7 Å². The van der Waals surface area contributed by atoms with E-state index in [2.05, 4.69) is 15.8 Å². The van der Waals surface area contributed by atoms with Crippen LogP contribution >= 0.6 is 0 Å². The minimum absolute atomic E-state index is 0.0332. The van der Waals surface area contributed by atoms with Gasteiger partial charge in [-0.25, -0.2) is 0 Å². The molecule has 2 heterocycles. The van der Waals surface area contributed by atoms with Gasteiger partial charge in [-0.05, 0) is 55.7 Å². The van der Waals surface area contributed by atoms with Crippen molar-refractivity contribution in [3.05, 3.63) is 40.5 Å². The highest BCUT2D eigenvalue weighted by Crippen LogP contribution is 2.34. The summed E-state index contributed by atoms with van der Waals surface area (Å²) in [6, 6.07) is 2.96. The van der Waals surface area contributed by atoms with Crippen LogP contribution in [0, 0.1) is 0 Å². The molecule has 4 nitrogen and oxygen atoms in total. The molecule has 1 saturated heterocycles. The molecule has 0 bridgehead atoms. The summed E-state index contributed by atoms with van der Waals surface area (Å²) in [5.41, 5.74) is 4.90. The van der Waals surface area contributed by atoms with Crippen molar-refractivity contribution >= 4 is 5.71 Å². The molecule has 1 aromatic rings. The van der Waals surface area contributed by atoms with Gasteiger partial charge in [0.2, 0.25) is 0 Å². The second-order valence-electron chi connectivity index (χ2n) is 5.46. The lowest BCUT2D eigenvalue weighted by atomic mass is 9.91. The summed E-state index contributed by atoms with van der Waals surface area (Å²) in [6.45, 7) is 2.77. The Hall–Kier alpha value is -2.02. The van der Waals surface area contributed by atoms with E-state index < -0.39 is 17.5 Å². The van der Waals surface area contributed by atoms with E-state index in [-0.39, 0.29) is 6.17 Å². The van der Waals surface area contributed by atoms with Gasteiger partial charge < -0.3 is 5.11 Å². The quantitative estimate of drug-likeness (QED) is 0.747. The fourth-order valence-electron chi connectivity index (χ4n) is 2.86. The van der Waals surface area contributed by atoms with Gasteiger partial charge in [-0.1, -0.05) is 0 Å². The van der Waals surface area contributed by atoms with Gasteiger partial charge in [-0.2, -0.15) is 18.3 Å². The molecule has 0 spiro atoms. The maximum absolute atomic E-state index is 12.7. The average Bonchev–Trinajstić information content (AvgIpc) is 2.47. The first-order chi connectivity index (χ1) is 10.4. The summed E-state index contributed by atoms with van der Waals surface area (Å²) in [5, 5.41) is 17.5. The number of fused-ring (bicyclic) bond motifs is 1. The Labute approximate surface area is 125 Å². The minimum Gasteiger partial charge on any atom is -0.507 e. The maximum Gasteiger partial charge on any atom is 0.416 e. The Bertz CT molecular complexity index is 664. The van der Waals surface area contributed by atoms with E-state index >= 15 is 0 Å². The number of piperidine rings is 1. The minimum atomic E-state index is -4.48.